The zero-order valence-corrected chi connectivity index (χ0v) is 9.48. The molecule has 14 heavy (non-hydrogen) atoms. The van der Waals surface area contributed by atoms with Gasteiger partial charge in [0, 0.05) is 12.1 Å². The lowest BCUT2D eigenvalue weighted by Crippen LogP contribution is -2.02. The van der Waals surface area contributed by atoms with E-state index < -0.39 is 0 Å². The van der Waals surface area contributed by atoms with Gasteiger partial charge in [0.05, 0.1) is 19.1 Å². The van der Waals surface area contributed by atoms with Gasteiger partial charge >= 0.3 is 0 Å². The van der Waals surface area contributed by atoms with Gasteiger partial charge in [0.1, 0.15) is 0 Å². The highest BCUT2D eigenvalue weighted by Crippen LogP contribution is 2.38. The minimum atomic E-state index is 0.453. The maximum Gasteiger partial charge on any atom is 0.174 e. The molecule has 4 heteroatoms. The summed E-state index contributed by atoms with van der Waals surface area (Å²) >= 11 is 1.62. The Morgan fingerprint density at radius 3 is 2.29 bits per heavy atom. The smallest absolute Gasteiger partial charge is 0.174 e. The first-order valence-corrected chi connectivity index (χ1v) is 5.48. The first-order chi connectivity index (χ1) is 6.78. The fraction of sp³-hybridized carbons (Fsp3) is 0.400. The molecule has 0 heterocycles. The second-order valence-electron chi connectivity index (χ2n) is 2.70. The van der Waals surface area contributed by atoms with Gasteiger partial charge in [-0.05, 0) is 12.3 Å². The fourth-order valence-electron chi connectivity index (χ4n) is 1.32. The van der Waals surface area contributed by atoms with Crippen LogP contribution < -0.4 is 15.2 Å². The minimum Gasteiger partial charge on any atom is -0.492 e. The Balaban J connectivity index is 3.28. The van der Waals surface area contributed by atoms with Crippen molar-refractivity contribution in [2.75, 3.05) is 20.5 Å². The lowest BCUT2D eigenvalue weighted by Gasteiger charge is -2.14. The van der Waals surface area contributed by atoms with Crippen LogP contribution in [-0.2, 0) is 6.54 Å². The van der Waals surface area contributed by atoms with Crippen molar-refractivity contribution in [1.82, 2.24) is 0 Å². The fourth-order valence-corrected chi connectivity index (χ4v) is 1.89. The van der Waals surface area contributed by atoms with Crippen molar-refractivity contribution in [3.63, 3.8) is 0 Å². The molecule has 0 aliphatic carbocycles. The summed E-state index contributed by atoms with van der Waals surface area (Å²) < 4.78 is 10.6. The summed E-state index contributed by atoms with van der Waals surface area (Å²) in [6, 6.07) is 3.96. The van der Waals surface area contributed by atoms with Crippen LogP contribution in [0.1, 0.15) is 5.56 Å². The molecule has 0 radical (unpaired) electrons. The van der Waals surface area contributed by atoms with Crippen LogP contribution in [0.25, 0.3) is 0 Å². The third kappa shape index (κ3) is 1.96. The summed E-state index contributed by atoms with van der Waals surface area (Å²) in [5.41, 5.74) is 6.56. The maximum absolute atomic E-state index is 5.60. The van der Waals surface area contributed by atoms with Gasteiger partial charge < -0.3 is 15.2 Å². The van der Waals surface area contributed by atoms with E-state index in [0.29, 0.717) is 6.54 Å². The summed E-state index contributed by atoms with van der Waals surface area (Å²) in [6.07, 6.45) is 2.00. The Labute approximate surface area is 88.6 Å². The molecule has 0 bridgehead atoms. The first-order valence-electron chi connectivity index (χ1n) is 4.26. The normalized spacial score (nSPS) is 10.0. The predicted molar refractivity (Wildman–Crippen MR) is 59.2 cm³/mol. The third-order valence-electron chi connectivity index (χ3n) is 2.01. The van der Waals surface area contributed by atoms with E-state index in [-0.39, 0.29) is 0 Å². The summed E-state index contributed by atoms with van der Waals surface area (Å²) in [4.78, 5) is 1.06. The molecule has 0 atom stereocenters. The maximum atomic E-state index is 5.60. The largest absolute Gasteiger partial charge is 0.492 e. The van der Waals surface area contributed by atoms with Crippen molar-refractivity contribution in [3.05, 3.63) is 17.7 Å². The summed E-state index contributed by atoms with van der Waals surface area (Å²) in [5, 5.41) is 0. The van der Waals surface area contributed by atoms with Gasteiger partial charge in [0.15, 0.2) is 11.5 Å². The Kier molecular flexibility index (Phi) is 4.10. The highest BCUT2D eigenvalue weighted by Gasteiger charge is 2.12. The van der Waals surface area contributed by atoms with Crippen molar-refractivity contribution >= 4 is 11.8 Å². The molecule has 78 valence electrons. The standard InChI is InChI=1S/C10H15NO2S/c1-12-9-7(6-11)4-5-8(14-3)10(9)13-2/h4-5H,6,11H2,1-3H3. The SMILES string of the molecule is COc1c(CN)ccc(SC)c1OC. The van der Waals surface area contributed by atoms with E-state index in [0.717, 1.165) is 22.0 Å². The van der Waals surface area contributed by atoms with Crippen molar-refractivity contribution < 1.29 is 9.47 Å². The molecule has 2 N–H and O–H groups in total. The van der Waals surface area contributed by atoms with Crippen molar-refractivity contribution in [2.24, 2.45) is 5.73 Å². The van der Waals surface area contributed by atoms with E-state index in [9.17, 15) is 0 Å². The lowest BCUT2D eigenvalue weighted by atomic mass is 10.2. The van der Waals surface area contributed by atoms with Gasteiger partial charge in [0.2, 0.25) is 0 Å². The molecular weight excluding hydrogens is 198 g/mol. The average molecular weight is 213 g/mol. The Hall–Kier alpha value is -0.870. The van der Waals surface area contributed by atoms with Crippen molar-refractivity contribution in [3.8, 4) is 11.5 Å². The molecule has 0 saturated carbocycles. The Morgan fingerprint density at radius 1 is 1.21 bits per heavy atom. The molecule has 1 aromatic carbocycles. The Bertz CT molecular complexity index is 284. The van der Waals surface area contributed by atoms with Crippen molar-refractivity contribution in [2.45, 2.75) is 11.4 Å². The second-order valence-corrected chi connectivity index (χ2v) is 3.55. The van der Waals surface area contributed by atoms with Crippen LogP contribution in [0.5, 0.6) is 11.5 Å². The number of hydrogen-bond acceptors (Lipinski definition) is 4. The van der Waals surface area contributed by atoms with Gasteiger partial charge in [-0.2, -0.15) is 0 Å². The second kappa shape index (κ2) is 5.12. The number of thioether (sulfide) groups is 1. The molecule has 0 spiro atoms. The molecule has 1 rings (SSSR count). The average Bonchev–Trinajstić information content (AvgIpc) is 2.26. The van der Waals surface area contributed by atoms with E-state index >= 15 is 0 Å². The minimum absolute atomic E-state index is 0.453. The topological polar surface area (TPSA) is 44.5 Å². The van der Waals surface area contributed by atoms with Crippen LogP contribution in [0, 0.1) is 0 Å². The number of methoxy groups -OCH3 is 2. The zero-order valence-electron chi connectivity index (χ0n) is 8.66. The zero-order chi connectivity index (χ0) is 10.6. The summed E-state index contributed by atoms with van der Waals surface area (Å²) in [5.74, 6) is 1.50. The van der Waals surface area contributed by atoms with Crippen LogP contribution in [-0.4, -0.2) is 20.5 Å². The molecule has 3 nitrogen and oxygen atoms in total. The van der Waals surface area contributed by atoms with E-state index in [2.05, 4.69) is 0 Å². The summed E-state index contributed by atoms with van der Waals surface area (Å²) in [7, 11) is 3.26. The molecule has 0 aromatic heterocycles. The number of ether oxygens (including phenoxy) is 2. The van der Waals surface area contributed by atoms with Crippen LogP contribution in [0.3, 0.4) is 0 Å². The molecule has 0 unspecified atom stereocenters. The molecule has 1 aromatic rings. The van der Waals surface area contributed by atoms with Crippen molar-refractivity contribution in [1.29, 1.82) is 0 Å². The lowest BCUT2D eigenvalue weighted by molar-refractivity contribution is 0.345. The highest BCUT2D eigenvalue weighted by atomic mass is 32.2. The van der Waals surface area contributed by atoms with Crippen LogP contribution in [0.2, 0.25) is 0 Å². The van der Waals surface area contributed by atoms with Gasteiger partial charge in [-0.15, -0.1) is 11.8 Å². The molecule has 0 amide bonds. The number of nitrogens with two attached hydrogens (primary N) is 1. The summed E-state index contributed by atoms with van der Waals surface area (Å²) in [6.45, 7) is 0.453. The third-order valence-corrected chi connectivity index (χ3v) is 2.77. The van der Waals surface area contributed by atoms with Crippen LogP contribution in [0.4, 0.5) is 0 Å². The number of rotatable bonds is 4. The Morgan fingerprint density at radius 2 is 1.86 bits per heavy atom. The molecular formula is C10H15NO2S. The molecule has 0 aliphatic heterocycles. The molecule has 0 saturated heterocycles. The van der Waals surface area contributed by atoms with Gasteiger partial charge in [-0.25, -0.2) is 0 Å². The monoisotopic (exact) mass is 213 g/mol. The number of hydrogen-bond donors (Lipinski definition) is 1. The van der Waals surface area contributed by atoms with Gasteiger partial charge in [-0.1, -0.05) is 6.07 Å². The van der Waals surface area contributed by atoms with E-state index in [1.807, 2.05) is 18.4 Å². The molecule has 0 aliphatic rings. The molecule has 0 fully saturated rings. The van der Waals surface area contributed by atoms with Gasteiger partial charge in [0.25, 0.3) is 0 Å². The van der Waals surface area contributed by atoms with E-state index in [1.165, 1.54) is 0 Å². The first kappa shape index (κ1) is 11.2. The highest BCUT2D eigenvalue weighted by molar-refractivity contribution is 7.98. The van der Waals surface area contributed by atoms with Crippen LogP contribution >= 0.6 is 11.8 Å². The van der Waals surface area contributed by atoms with E-state index in [1.54, 1.807) is 26.0 Å². The quantitative estimate of drug-likeness (QED) is 0.776. The number of benzene rings is 1. The van der Waals surface area contributed by atoms with Gasteiger partial charge in [-0.3, -0.25) is 0 Å². The van der Waals surface area contributed by atoms with E-state index in [4.69, 9.17) is 15.2 Å². The predicted octanol–water partition coefficient (Wildman–Crippen LogP) is 1.88. The van der Waals surface area contributed by atoms with Crippen LogP contribution in [0.15, 0.2) is 17.0 Å².